The summed E-state index contributed by atoms with van der Waals surface area (Å²) in [5.41, 5.74) is 3.99. The second-order valence-electron chi connectivity index (χ2n) is 6.45. The highest BCUT2D eigenvalue weighted by Crippen LogP contribution is 2.34. The van der Waals surface area contributed by atoms with Crippen LogP contribution in [0, 0.1) is 13.8 Å². The molecule has 4 rings (SSSR count). The molecule has 0 radical (unpaired) electrons. The van der Waals surface area contributed by atoms with Gasteiger partial charge >= 0.3 is 5.63 Å². The standard InChI is InChI=1S/C20H18ClNO3/c1-12-13(2)20(23)25-19-16(12)6-7-18-17(19)10-22(11-24-18)9-14-4-3-5-15(21)8-14/h3-8H,9-11H2,1-2H3. The quantitative estimate of drug-likeness (QED) is 0.638. The Morgan fingerprint density at radius 2 is 2.00 bits per heavy atom. The van der Waals surface area contributed by atoms with Gasteiger partial charge in [-0.25, -0.2) is 4.79 Å². The van der Waals surface area contributed by atoms with Gasteiger partial charge in [0.25, 0.3) is 0 Å². The van der Waals surface area contributed by atoms with E-state index < -0.39 is 0 Å². The molecule has 4 nitrogen and oxygen atoms in total. The monoisotopic (exact) mass is 355 g/mol. The maximum Gasteiger partial charge on any atom is 0.339 e. The summed E-state index contributed by atoms with van der Waals surface area (Å²) in [7, 11) is 0. The molecule has 0 unspecified atom stereocenters. The van der Waals surface area contributed by atoms with E-state index in [1.54, 1.807) is 6.92 Å². The van der Waals surface area contributed by atoms with Gasteiger partial charge in [-0.05, 0) is 49.2 Å². The van der Waals surface area contributed by atoms with Crippen LogP contribution in [0.5, 0.6) is 5.75 Å². The van der Waals surface area contributed by atoms with Gasteiger partial charge in [-0.3, -0.25) is 4.90 Å². The highest BCUT2D eigenvalue weighted by Gasteiger charge is 2.22. The Balaban J connectivity index is 1.73. The molecule has 0 atom stereocenters. The molecule has 0 spiro atoms. The minimum absolute atomic E-state index is 0.287. The van der Waals surface area contributed by atoms with E-state index in [4.69, 9.17) is 20.8 Å². The molecule has 0 saturated carbocycles. The Bertz CT molecular complexity index is 1030. The van der Waals surface area contributed by atoms with Gasteiger partial charge in [-0.2, -0.15) is 0 Å². The Morgan fingerprint density at radius 3 is 2.80 bits per heavy atom. The van der Waals surface area contributed by atoms with Crippen LogP contribution in [0.1, 0.15) is 22.3 Å². The molecule has 1 aromatic heterocycles. The van der Waals surface area contributed by atoms with Gasteiger partial charge in [-0.1, -0.05) is 23.7 Å². The smallest absolute Gasteiger partial charge is 0.339 e. The third-order valence-electron chi connectivity index (χ3n) is 4.76. The molecule has 5 heteroatoms. The summed E-state index contributed by atoms with van der Waals surface area (Å²) in [6, 6.07) is 11.7. The Kier molecular flexibility index (Phi) is 4.02. The molecule has 0 bridgehead atoms. The Morgan fingerprint density at radius 1 is 1.16 bits per heavy atom. The van der Waals surface area contributed by atoms with Crippen molar-refractivity contribution in [1.29, 1.82) is 0 Å². The molecular formula is C20H18ClNO3. The van der Waals surface area contributed by atoms with E-state index in [9.17, 15) is 4.79 Å². The summed E-state index contributed by atoms with van der Waals surface area (Å²) in [4.78, 5) is 14.3. The maximum atomic E-state index is 12.1. The van der Waals surface area contributed by atoms with Crippen molar-refractivity contribution in [2.45, 2.75) is 26.9 Å². The molecule has 3 aromatic rings. The lowest BCUT2D eigenvalue weighted by atomic mass is 10.0. The molecule has 128 valence electrons. The normalized spacial score (nSPS) is 14.4. The van der Waals surface area contributed by atoms with Crippen LogP contribution < -0.4 is 10.4 Å². The fourth-order valence-electron chi connectivity index (χ4n) is 3.26. The lowest BCUT2D eigenvalue weighted by Gasteiger charge is -2.29. The third-order valence-corrected chi connectivity index (χ3v) is 5.00. The number of halogens is 1. The van der Waals surface area contributed by atoms with E-state index in [1.165, 1.54) is 0 Å². The minimum Gasteiger partial charge on any atom is -0.478 e. The number of fused-ring (bicyclic) bond motifs is 3. The van der Waals surface area contributed by atoms with Gasteiger partial charge in [0.05, 0.1) is 5.56 Å². The van der Waals surface area contributed by atoms with Crippen LogP contribution in [-0.4, -0.2) is 11.6 Å². The van der Waals surface area contributed by atoms with Crippen LogP contribution >= 0.6 is 11.6 Å². The number of rotatable bonds is 2. The van der Waals surface area contributed by atoms with Gasteiger partial charge in [0, 0.05) is 29.1 Å². The highest BCUT2D eigenvalue weighted by molar-refractivity contribution is 6.30. The van der Waals surface area contributed by atoms with E-state index in [1.807, 2.05) is 43.3 Å². The van der Waals surface area contributed by atoms with E-state index in [0.29, 0.717) is 31.0 Å². The summed E-state index contributed by atoms with van der Waals surface area (Å²) >= 11 is 6.07. The maximum absolute atomic E-state index is 12.1. The average Bonchev–Trinajstić information content (AvgIpc) is 2.60. The topological polar surface area (TPSA) is 42.7 Å². The zero-order chi connectivity index (χ0) is 17.6. The van der Waals surface area contributed by atoms with Crippen LogP contribution in [0.2, 0.25) is 5.02 Å². The van der Waals surface area contributed by atoms with E-state index in [-0.39, 0.29) is 5.63 Å². The second kappa shape index (κ2) is 6.21. The van der Waals surface area contributed by atoms with Crippen molar-refractivity contribution < 1.29 is 9.15 Å². The van der Waals surface area contributed by atoms with Crippen molar-refractivity contribution in [1.82, 2.24) is 4.90 Å². The van der Waals surface area contributed by atoms with Gasteiger partial charge in [0.1, 0.15) is 18.1 Å². The molecular weight excluding hydrogens is 338 g/mol. The average molecular weight is 356 g/mol. The number of aryl methyl sites for hydroxylation is 1. The van der Waals surface area contributed by atoms with Crippen molar-refractivity contribution in [2.24, 2.45) is 0 Å². The van der Waals surface area contributed by atoms with Gasteiger partial charge in [-0.15, -0.1) is 0 Å². The first-order valence-electron chi connectivity index (χ1n) is 8.18. The minimum atomic E-state index is -0.287. The predicted molar refractivity (Wildman–Crippen MR) is 98.2 cm³/mol. The van der Waals surface area contributed by atoms with E-state index >= 15 is 0 Å². The number of hydrogen-bond acceptors (Lipinski definition) is 4. The fraction of sp³-hybridized carbons (Fsp3) is 0.250. The number of benzene rings is 2. The molecule has 2 aromatic carbocycles. The Hall–Kier alpha value is -2.30. The van der Waals surface area contributed by atoms with Crippen molar-refractivity contribution in [3.8, 4) is 5.75 Å². The largest absolute Gasteiger partial charge is 0.478 e. The van der Waals surface area contributed by atoms with Crippen molar-refractivity contribution >= 4 is 22.6 Å². The van der Waals surface area contributed by atoms with Crippen molar-refractivity contribution in [2.75, 3.05) is 6.73 Å². The van der Waals surface area contributed by atoms with Crippen molar-refractivity contribution in [3.05, 3.63) is 74.1 Å². The molecule has 1 aliphatic rings. The Labute approximate surface area is 150 Å². The molecule has 0 N–H and O–H groups in total. The van der Waals surface area contributed by atoms with E-state index in [2.05, 4.69) is 4.90 Å². The summed E-state index contributed by atoms with van der Waals surface area (Å²) in [5.74, 6) is 0.779. The van der Waals surface area contributed by atoms with Gasteiger partial charge in [0.15, 0.2) is 0 Å². The first-order valence-corrected chi connectivity index (χ1v) is 8.56. The molecule has 0 saturated heterocycles. The van der Waals surface area contributed by atoms with E-state index in [0.717, 1.165) is 32.8 Å². The zero-order valence-corrected chi connectivity index (χ0v) is 14.9. The summed E-state index contributed by atoms with van der Waals surface area (Å²) in [6.45, 7) is 5.60. The fourth-order valence-corrected chi connectivity index (χ4v) is 3.47. The lowest BCUT2D eigenvalue weighted by Crippen LogP contribution is -2.31. The van der Waals surface area contributed by atoms with Crippen LogP contribution in [0.15, 0.2) is 45.6 Å². The van der Waals surface area contributed by atoms with Crippen molar-refractivity contribution in [3.63, 3.8) is 0 Å². The molecule has 0 amide bonds. The zero-order valence-electron chi connectivity index (χ0n) is 14.1. The third kappa shape index (κ3) is 2.92. The first-order chi connectivity index (χ1) is 12.0. The predicted octanol–water partition coefficient (Wildman–Crippen LogP) is 4.42. The molecule has 0 aliphatic carbocycles. The molecule has 0 fully saturated rings. The molecule has 2 heterocycles. The lowest BCUT2D eigenvalue weighted by molar-refractivity contribution is 0.0889. The van der Waals surface area contributed by atoms with Crippen LogP contribution in [-0.2, 0) is 13.1 Å². The summed E-state index contributed by atoms with van der Waals surface area (Å²) in [6.07, 6.45) is 0. The van der Waals surface area contributed by atoms with Gasteiger partial charge in [0.2, 0.25) is 0 Å². The summed E-state index contributed by atoms with van der Waals surface area (Å²) in [5, 5.41) is 1.68. The summed E-state index contributed by atoms with van der Waals surface area (Å²) < 4.78 is 11.5. The van der Waals surface area contributed by atoms with Crippen LogP contribution in [0.25, 0.3) is 11.0 Å². The SMILES string of the molecule is Cc1c(C)c2ccc3c(c2oc1=O)CN(Cc1cccc(Cl)c1)CO3. The molecule has 1 aliphatic heterocycles. The van der Waals surface area contributed by atoms with Gasteiger partial charge < -0.3 is 9.15 Å². The first kappa shape index (κ1) is 16.2. The number of hydrogen-bond donors (Lipinski definition) is 0. The molecule has 25 heavy (non-hydrogen) atoms. The number of nitrogens with zero attached hydrogens (tertiary/aromatic N) is 1. The number of ether oxygens (including phenoxy) is 1. The van der Waals surface area contributed by atoms with Crippen LogP contribution in [0.4, 0.5) is 0 Å². The highest BCUT2D eigenvalue weighted by atomic mass is 35.5. The van der Waals surface area contributed by atoms with Crippen LogP contribution in [0.3, 0.4) is 0 Å². The second-order valence-corrected chi connectivity index (χ2v) is 6.89.